The fraction of sp³-hybridized carbons (Fsp3) is 0.130. The number of aromatic nitrogens is 2. The minimum absolute atomic E-state index is 0.226. The smallest absolute Gasteiger partial charge is 0.287 e. The number of benzene rings is 2. The third-order valence-corrected chi connectivity index (χ3v) is 5.74. The van der Waals surface area contributed by atoms with Gasteiger partial charge in [0.15, 0.2) is 0 Å². The zero-order valence-corrected chi connectivity index (χ0v) is 16.5. The van der Waals surface area contributed by atoms with Gasteiger partial charge in [-0.1, -0.05) is 54.3 Å². The Kier molecular flexibility index (Phi) is 5.15. The van der Waals surface area contributed by atoms with Crippen molar-refractivity contribution in [3.63, 3.8) is 0 Å². The number of thiophene rings is 1. The van der Waals surface area contributed by atoms with E-state index in [2.05, 4.69) is 11.8 Å². The molecule has 0 spiro atoms. The number of halogens is 1. The van der Waals surface area contributed by atoms with Gasteiger partial charge in [0.2, 0.25) is 0 Å². The number of hydrogen-bond donors (Lipinski definition) is 0. The normalized spacial score (nSPS) is 10.7. The molecule has 0 saturated carbocycles. The van der Waals surface area contributed by atoms with Crippen LogP contribution in [-0.2, 0) is 20.0 Å². The van der Waals surface area contributed by atoms with Crippen LogP contribution in [0.5, 0.6) is 0 Å². The van der Waals surface area contributed by atoms with E-state index >= 15 is 0 Å². The Balaban J connectivity index is 1.69. The Bertz CT molecular complexity index is 1350. The van der Waals surface area contributed by atoms with Gasteiger partial charge < -0.3 is 0 Å². The van der Waals surface area contributed by atoms with Crippen molar-refractivity contribution in [1.29, 1.82) is 0 Å². The van der Waals surface area contributed by atoms with Crippen molar-refractivity contribution in [2.75, 3.05) is 0 Å². The molecule has 0 unspecified atom stereocenters. The molecule has 4 rings (SSSR count). The molecule has 4 aromatic rings. The SMILES string of the molecule is Cn1c(=O)n(Cc2ccccc2)c(=O)c2cc(C#CCc3ccc(F)cc3)sc21. The zero-order chi connectivity index (χ0) is 20.4. The van der Waals surface area contributed by atoms with E-state index in [9.17, 15) is 14.0 Å². The molecule has 2 heterocycles. The summed E-state index contributed by atoms with van der Waals surface area (Å²) in [6, 6.07) is 17.4. The summed E-state index contributed by atoms with van der Waals surface area (Å²) < 4.78 is 15.7. The van der Waals surface area contributed by atoms with Crippen LogP contribution >= 0.6 is 11.3 Å². The van der Waals surface area contributed by atoms with Crippen LogP contribution in [-0.4, -0.2) is 9.13 Å². The number of fused-ring (bicyclic) bond motifs is 1. The lowest BCUT2D eigenvalue weighted by Crippen LogP contribution is -2.38. The number of aryl methyl sites for hydroxylation is 1. The van der Waals surface area contributed by atoms with Crippen LogP contribution in [0.25, 0.3) is 10.2 Å². The minimum atomic E-state index is -0.348. The Labute approximate surface area is 170 Å². The van der Waals surface area contributed by atoms with Gasteiger partial charge in [0.05, 0.1) is 16.8 Å². The van der Waals surface area contributed by atoms with Gasteiger partial charge in [-0.15, -0.1) is 11.3 Å². The summed E-state index contributed by atoms with van der Waals surface area (Å²) in [5, 5.41) is 0.485. The maximum absolute atomic E-state index is 13.0. The third kappa shape index (κ3) is 3.91. The fourth-order valence-corrected chi connectivity index (χ4v) is 4.07. The maximum atomic E-state index is 13.0. The first kappa shape index (κ1) is 18.9. The van der Waals surface area contributed by atoms with Crippen LogP contribution in [0.1, 0.15) is 16.0 Å². The third-order valence-electron chi connectivity index (χ3n) is 4.61. The highest BCUT2D eigenvalue weighted by Gasteiger charge is 2.14. The Morgan fingerprint density at radius 2 is 1.72 bits per heavy atom. The minimum Gasteiger partial charge on any atom is -0.287 e. The quantitative estimate of drug-likeness (QED) is 0.490. The Morgan fingerprint density at radius 3 is 2.45 bits per heavy atom. The molecule has 0 aliphatic carbocycles. The van der Waals surface area contributed by atoms with Crippen molar-refractivity contribution in [1.82, 2.24) is 9.13 Å². The van der Waals surface area contributed by atoms with Crippen LogP contribution in [0.15, 0.2) is 70.3 Å². The van der Waals surface area contributed by atoms with E-state index in [0.29, 0.717) is 21.5 Å². The van der Waals surface area contributed by atoms with E-state index in [1.807, 2.05) is 30.3 Å². The summed E-state index contributed by atoms with van der Waals surface area (Å²) in [6.45, 7) is 0.226. The molecule has 0 aliphatic rings. The number of nitrogens with zero attached hydrogens (tertiary/aromatic N) is 2. The molecular weight excluding hydrogens is 387 g/mol. The molecule has 0 bridgehead atoms. The van der Waals surface area contributed by atoms with Crippen LogP contribution in [0, 0.1) is 17.7 Å². The van der Waals surface area contributed by atoms with Gasteiger partial charge in [0.25, 0.3) is 5.56 Å². The first-order chi connectivity index (χ1) is 14.0. The molecule has 6 heteroatoms. The molecule has 144 valence electrons. The van der Waals surface area contributed by atoms with E-state index in [1.54, 1.807) is 25.2 Å². The van der Waals surface area contributed by atoms with Gasteiger partial charge in [-0.05, 0) is 29.3 Å². The molecule has 2 aromatic heterocycles. The van der Waals surface area contributed by atoms with Crippen molar-refractivity contribution >= 4 is 21.6 Å². The molecule has 0 amide bonds. The summed E-state index contributed by atoms with van der Waals surface area (Å²) in [5.74, 6) is 5.82. The molecule has 0 radical (unpaired) electrons. The zero-order valence-electron chi connectivity index (χ0n) is 15.7. The van der Waals surface area contributed by atoms with E-state index in [4.69, 9.17) is 0 Å². The van der Waals surface area contributed by atoms with E-state index in [0.717, 1.165) is 11.1 Å². The fourth-order valence-electron chi connectivity index (χ4n) is 3.09. The predicted molar refractivity (Wildman–Crippen MR) is 114 cm³/mol. The summed E-state index contributed by atoms with van der Waals surface area (Å²) in [6.07, 6.45) is 0.478. The van der Waals surface area contributed by atoms with Crippen molar-refractivity contribution in [3.8, 4) is 11.8 Å². The molecule has 0 N–H and O–H groups in total. The van der Waals surface area contributed by atoms with Crippen LogP contribution in [0.2, 0.25) is 0 Å². The highest BCUT2D eigenvalue weighted by Crippen LogP contribution is 2.21. The molecule has 0 atom stereocenters. The standard InChI is InChI=1S/C23H17FN2O2S/c1-25-22-20(21(27)26(23(25)28)15-17-6-3-2-4-7-17)14-19(29-22)9-5-8-16-10-12-18(24)13-11-16/h2-4,6-7,10-14H,8,15H2,1H3. The second kappa shape index (κ2) is 7.90. The van der Waals surface area contributed by atoms with Crippen LogP contribution < -0.4 is 11.2 Å². The summed E-state index contributed by atoms with van der Waals surface area (Å²) >= 11 is 1.32. The Morgan fingerprint density at radius 1 is 1.00 bits per heavy atom. The highest BCUT2D eigenvalue weighted by molar-refractivity contribution is 7.19. The summed E-state index contributed by atoms with van der Waals surface area (Å²) in [7, 11) is 1.66. The van der Waals surface area contributed by atoms with Gasteiger partial charge in [0, 0.05) is 13.5 Å². The molecule has 0 fully saturated rings. The second-order valence-electron chi connectivity index (χ2n) is 6.65. The highest BCUT2D eigenvalue weighted by atomic mass is 32.1. The average Bonchev–Trinajstić information content (AvgIpc) is 3.16. The van der Waals surface area contributed by atoms with Crippen molar-refractivity contribution < 1.29 is 4.39 Å². The number of rotatable bonds is 3. The van der Waals surface area contributed by atoms with Crippen molar-refractivity contribution in [2.45, 2.75) is 13.0 Å². The lowest BCUT2D eigenvalue weighted by Gasteiger charge is -2.08. The van der Waals surface area contributed by atoms with Crippen LogP contribution in [0.3, 0.4) is 0 Å². The van der Waals surface area contributed by atoms with Crippen molar-refractivity contribution in [3.05, 3.63) is 103 Å². The average molecular weight is 404 g/mol. The number of hydrogen-bond acceptors (Lipinski definition) is 3. The van der Waals surface area contributed by atoms with E-state index < -0.39 is 0 Å². The summed E-state index contributed by atoms with van der Waals surface area (Å²) in [5.41, 5.74) is 1.15. The van der Waals surface area contributed by atoms with Gasteiger partial charge in [0.1, 0.15) is 10.6 Å². The summed E-state index contributed by atoms with van der Waals surface area (Å²) in [4.78, 5) is 26.9. The molecule has 0 aliphatic heterocycles. The predicted octanol–water partition coefficient (Wildman–Crippen LogP) is 3.54. The first-order valence-corrected chi connectivity index (χ1v) is 9.85. The van der Waals surface area contributed by atoms with Gasteiger partial charge in [-0.3, -0.25) is 13.9 Å². The largest absolute Gasteiger partial charge is 0.332 e. The van der Waals surface area contributed by atoms with E-state index in [-0.39, 0.29) is 23.6 Å². The molecule has 4 nitrogen and oxygen atoms in total. The lowest BCUT2D eigenvalue weighted by molar-refractivity contribution is 0.627. The first-order valence-electron chi connectivity index (χ1n) is 9.03. The van der Waals surface area contributed by atoms with Crippen LogP contribution in [0.4, 0.5) is 4.39 Å². The van der Waals surface area contributed by atoms with Gasteiger partial charge >= 0.3 is 5.69 Å². The molecular formula is C23H17FN2O2S. The topological polar surface area (TPSA) is 44.0 Å². The van der Waals surface area contributed by atoms with E-state index in [1.165, 1.54) is 32.6 Å². The van der Waals surface area contributed by atoms with Crippen molar-refractivity contribution in [2.24, 2.45) is 7.05 Å². The second-order valence-corrected chi connectivity index (χ2v) is 7.68. The molecule has 29 heavy (non-hydrogen) atoms. The lowest BCUT2D eigenvalue weighted by atomic mass is 10.1. The Hall–Kier alpha value is -3.43. The monoisotopic (exact) mass is 404 g/mol. The van der Waals surface area contributed by atoms with Gasteiger partial charge in [-0.2, -0.15) is 0 Å². The molecule has 2 aromatic carbocycles. The maximum Gasteiger partial charge on any atom is 0.332 e. The van der Waals surface area contributed by atoms with Gasteiger partial charge in [-0.25, -0.2) is 9.18 Å². The molecule has 0 saturated heterocycles.